The van der Waals surface area contributed by atoms with Crippen LogP contribution in [0.4, 0.5) is 0 Å². The van der Waals surface area contributed by atoms with E-state index in [1.54, 1.807) is 0 Å². The Morgan fingerprint density at radius 3 is 1.58 bits per heavy atom. The van der Waals surface area contributed by atoms with E-state index in [0.717, 1.165) is 25.7 Å². The Balaban J connectivity index is 3.61. The summed E-state index contributed by atoms with van der Waals surface area (Å²) in [6.07, 6.45) is 24.4. The summed E-state index contributed by atoms with van der Waals surface area (Å²) < 4.78 is 0. The highest BCUT2D eigenvalue weighted by Gasteiger charge is 2.11. The third-order valence-electron chi connectivity index (χ3n) is 3.69. The highest BCUT2D eigenvalue weighted by Crippen LogP contribution is 2.04. The summed E-state index contributed by atoms with van der Waals surface area (Å²) in [6.45, 7) is 1.85. The largest absolute Gasteiger partial charge is 0.481 e. The number of hydrogen-bond donors (Lipinski definition) is 3. The fraction of sp³-hybridized carbons (Fsp3) is 0.500. The third kappa shape index (κ3) is 16.9. The van der Waals surface area contributed by atoms with Crippen molar-refractivity contribution in [1.82, 2.24) is 0 Å². The molecule has 0 heterocycles. The lowest BCUT2D eigenvalue weighted by atomic mass is 10.1. The zero-order valence-electron chi connectivity index (χ0n) is 15.8. The number of aliphatic carboxylic acids is 1. The summed E-state index contributed by atoms with van der Waals surface area (Å²) in [5, 5.41) is 27.5. The van der Waals surface area contributed by atoms with Crippen LogP contribution in [-0.4, -0.2) is 33.5 Å². The van der Waals surface area contributed by atoms with E-state index in [9.17, 15) is 15.0 Å². The van der Waals surface area contributed by atoms with Crippen molar-refractivity contribution in [3.8, 4) is 0 Å². The van der Waals surface area contributed by atoms with Gasteiger partial charge in [-0.2, -0.15) is 0 Å². The number of rotatable bonds is 15. The second-order valence-corrected chi connectivity index (χ2v) is 6.01. The summed E-state index contributed by atoms with van der Waals surface area (Å²) in [6, 6.07) is 0. The van der Waals surface area contributed by atoms with E-state index in [1.807, 2.05) is 31.2 Å². The summed E-state index contributed by atoms with van der Waals surface area (Å²) in [4.78, 5) is 10.3. The summed E-state index contributed by atoms with van der Waals surface area (Å²) in [7, 11) is 0. The zero-order chi connectivity index (χ0) is 19.5. The van der Waals surface area contributed by atoms with E-state index in [4.69, 9.17) is 5.11 Å². The SMILES string of the molecule is CC[C@@H](O)[C@H](O)C/C=C\C/C=C\C/C=C\C/C=C/C/C=C\CCC(=O)O. The van der Waals surface area contributed by atoms with Gasteiger partial charge in [-0.05, 0) is 44.9 Å². The predicted octanol–water partition coefficient (Wildman–Crippen LogP) is 4.71. The molecule has 4 nitrogen and oxygen atoms in total. The van der Waals surface area contributed by atoms with Crippen LogP contribution in [0.1, 0.15) is 58.3 Å². The number of aliphatic hydroxyl groups is 2. The molecule has 0 aliphatic rings. The van der Waals surface area contributed by atoms with Gasteiger partial charge in [0.2, 0.25) is 0 Å². The summed E-state index contributed by atoms with van der Waals surface area (Å²) >= 11 is 0. The molecule has 0 aliphatic heterocycles. The average Bonchev–Trinajstić information content (AvgIpc) is 2.63. The number of allylic oxidation sites excluding steroid dienone is 9. The quantitative estimate of drug-likeness (QED) is 0.369. The van der Waals surface area contributed by atoms with Crippen molar-refractivity contribution in [2.24, 2.45) is 0 Å². The highest BCUT2D eigenvalue weighted by molar-refractivity contribution is 5.66. The van der Waals surface area contributed by atoms with Gasteiger partial charge in [0.05, 0.1) is 12.2 Å². The fourth-order valence-corrected chi connectivity index (χ4v) is 2.07. The number of carboxylic acid groups (broad SMARTS) is 1. The van der Waals surface area contributed by atoms with Crippen LogP contribution in [0.3, 0.4) is 0 Å². The van der Waals surface area contributed by atoms with Gasteiger partial charge in [0, 0.05) is 6.42 Å². The second-order valence-electron chi connectivity index (χ2n) is 6.01. The van der Waals surface area contributed by atoms with Crippen molar-refractivity contribution in [2.45, 2.75) is 70.5 Å². The van der Waals surface area contributed by atoms with Crippen molar-refractivity contribution in [3.63, 3.8) is 0 Å². The predicted molar refractivity (Wildman–Crippen MR) is 108 cm³/mol. The lowest BCUT2D eigenvalue weighted by molar-refractivity contribution is -0.136. The molecule has 0 bridgehead atoms. The van der Waals surface area contributed by atoms with Gasteiger partial charge >= 0.3 is 5.97 Å². The lowest BCUT2D eigenvalue weighted by Gasteiger charge is -2.13. The van der Waals surface area contributed by atoms with Gasteiger partial charge in [0.1, 0.15) is 0 Å². The fourth-order valence-electron chi connectivity index (χ4n) is 2.07. The Kier molecular flexibility index (Phi) is 16.6. The number of carbonyl (C=O) groups is 1. The highest BCUT2D eigenvalue weighted by atomic mass is 16.4. The van der Waals surface area contributed by atoms with Gasteiger partial charge in [-0.15, -0.1) is 0 Å². The van der Waals surface area contributed by atoms with Crippen LogP contribution in [0, 0.1) is 0 Å². The van der Waals surface area contributed by atoms with Crippen LogP contribution >= 0.6 is 0 Å². The molecule has 3 N–H and O–H groups in total. The molecule has 146 valence electrons. The molecule has 0 aromatic heterocycles. The van der Waals surface area contributed by atoms with Gasteiger partial charge in [0.25, 0.3) is 0 Å². The van der Waals surface area contributed by atoms with Gasteiger partial charge in [-0.25, -0.2) is 0 Å². The summed E-state index contributed by atoms with van der Waals surface area (Å²) in [5.74, 6) is -0.758. The molecule has 0 unspecified atom stereocenters. The molecule has 0 spiro atoms. The third-order valence-corrected chi connectivity index (χ3v) is 3.69. The summed E-state index contributed by atoms with van der Waals surface area (Å²) in [5.41, 5.74) is 0. The molecule has 0 saturated carbocycles. The first kappa shape index (κ1) is 24.1. The van der Waals surface area contributed by atoms with Crippen molar-refractivity contribution < 1.29 is 20.1 Å². The van der Waals surface area contributed by atoms with E-state index in [0.29, 0.717) is 19.3 Å². The Hall–Kier alpha value is -1.91. The van der Waals surface area contributed by atoms with Crippen LogP contribution in [-0.2, 0) is 4.79 Å². The van der Waals surface area contributed by atoms with E-state index in [2.05, 4.69) is 36.5 Å². The molecule has 0 aliphatic carbocycles. The van der Waals surface area contributed by atoms with Gasteiger partial charge in [-0.1, -0.05) is 67.7 Å². The standard InChI is InChI=1S/C22H34O4/c1-2-20(23)21(24)18-16-14-12-10-8-6-4-3-5-7-9-11-13-15-17-19-22(25)26/h3-4,7-10,13-16,20-21,23-24H,2,5-6,11-12,17-19H2,1H3,(H,25,26)/b4-3-,9-7+,10-8-,15-13-,16-14-/t20-,21-/m1/s1. The van der Waals surface area contributed by atoms with E-state index in [1.165, 1.54) is 0 Å². The minimum atomic E-state index is -0.758. The molecule has 0 aromatic carbocycles. The van der Waals surface area contributed by atoms with E-state index >= 15 is 0 Å². The molecule has 0 rings (SSSR count). The maximum atomic E-state index is 10.3. The van der Waals surface area contributed by atoms with Crippen molar-refractivity contribution in [3.05, 3.63) is 60.8 Å². The molecule has 0 radical (unpaired) electrons. The van der Waals surface area contributed by atoms with Crippen LogP contribution < -0.4 is 0 Å². The Labute approximate surface area is 157 Å². The molecular formula is C22H34O4. The van der Waals surface area contributed by atoms with E-state index in [-0.39, 0.29) is 6.42 Å². The van der Waals surface area contributed by atoms with Gasteiger partial charge < -0.3 is 15.3 Å². The molecule has 4 heteroatoms. The first-order valence-electron chi connectivity index (χ1n) is 9.40. The van der Waals surface area contributed by atoms with E-state index < -0.39 is 18.2 Å². The first-order valence-corrected chi connectivity index (χ1v) is 9.40. The average molecular weight is 363 g/mol. The molecule has 0 saturated heterocycles. The molecule has 26 heavy (non-hydrogen) atoms. The molecular weight excluding hydrogens is 328 g/mol. The molecule has 2 atom stereocenters. The molecule has 0 amide bonds. The second kappa shape index (κ2) is 17.9. The normalized spacial score (nSPS) is 15.2. The lowest BCUT2D eigenvalue weighted by Crippen LogP contribution is -2.23. The van der Waals surface area contributed by atoms with Gasteiger partial charge in [0.15, 0.2) is 0 Å². The van der Waals surface area contributed by atoms with Crippen LogP contribution in [0.25, 0.3) is 0 Å². The van der Waals surface area contributed by atoms with Crippen LogP contribution in [0.15, 0.2) is 60.8 Å². The topological polar surface area (TPSA) is 77.8 Å². The van der Waals surface area contributed by atoms with Crippen LogP contribution in [0.5, 0.6) is 0 Å². The van der Waals surface area contributed by atoms with Crippen molar-refractivity contribution in [1.29, 1.82) is 0 Å². The number of hydrogen-bond acceptors (Lipinski definition) is 3. The monoisotopic (exact) mass is 362 g/mol. The van der Waals surface area contributed by atoms with Gasteiger partial charge in [-0.3, -0.25) is 4.79 Å². The Bertz CT molecular complexity index is 486. The number of aliphatic hydroxyl groups excluding tert-OH is 2. The first-order chi connectivity index (χ1) is 12.6. The zero-order valence-corrected chi connectivity index (χ0v) is 15.8. The molecule has 0 fully saturated rings. The minimum absolute atomic E-state index is 0.191. The maximum absolute atomic E-state index is 10.3. The number of carboxylic acids is 1. The van der Waals surface area contributed by atoms with Crippen molar-refractivity contribution >= 4 is 5.97 Å². The smallest absolute Gasteiger partial charge is 0.303 e. The van der Waals surface area contributed by atoms with Crippen LogP contribution in [0.2, 0.25) is 0 Å². The maximum Gasteiger partial charge on any atom is 0.303 e. The Morgan fingerprint density at radius 2 is 1.15 bits per heavy atom. The molecule has 0 aromatic rings. The Morgan fingerprint density at radius 1 is 0.731 bits per heavy atom. The minimum Gasteiger partial charge on any atom is -0.481 e. The van der Waals surface area contributed by atoms with Crippen molar-refractivity contribution in [2.75, 3.05) is 0 Å².